The van der Waals surface area contributed by atoms with Gasteiger partial charge in [0.2, 0.25) is 5.78 Å². The first-order valence-corrected chi connectivity index (χ1v) is 19.7. The van der Waals surface area contributed by atoms with Crippen LogP contribution in [-0.2, 0) is 47.6 Å². The van der Waals surface area contributed by atoms with E-state index in [1.54, 1.807) is 73.6 Å². The van der Waals surface area contributed by atoms with Gasteiger partial charge in [-0.25, -0.2) is 14.4 Å². The second-order valence-electron chi connectivity index (χ2n) is 18.1. The molecule has 1 amide bonds. The molecule has 59 heavy (non-hydrogen) atoms. The highest BCUT2D eigenvalue weighted by atomic mass is 16.6. The second-order valence-corrected chi connectivity index (χ2v) is 18.1. The number of allylic oxidation sites excluding steroid dienone is 2. The smallest absolute Gasteiger partial charge is 0.408 e. The zero-order valence-corrected chi connectivity index (χ0v) is 35.4. The van der Waals surface area contributed by atoms with Gasteiger partial charge in [0.1, 0.15) is 29.5 Å². The number of carbonyl (C=O) groups is 6. The fourth-order valence-electron chi connectivity index (χ4n) is 9.40. The van der Waals surface area contributed by atoms with Crippen LogP contribution in [0.5, 0.6) is 0 Å². The second kappa shape index (κ2) is 16.1. The number of ether oxygens (including phenoxy) is 6. The summed E-state index contributed by atoms with van der Waals surface area (Å²) < 4.78 is 35.3. The summed E-state index contributed by atoms with van der Waals surface area (Å²) in [6.45, 7) is 16.3. The van der Waals surface area contributed by atoms with E-state index < -0.39 is 124 Å². The van der Waals surface area contributed by atoms with Crippen molar-refractivity contribution in [3.63, 3.8) is 0 Å². The summed E-state index contributed by atoms with van der Waals surface area (Å²) in [4.78, 5) is 82.2. The van der Waals surface area contributed by atoms with Gasteiger partial charge in [-0.2, -0.15) is 0 Å². The number of amides is 1. The number of hydrogen-bond acceptors (Lipinski definition) is 15. The summed E-state index contributed by atoms with van der Waals surface area (Å²) in [6, 6.07) is 6.48. The van der Waals surface area contributed by atoms with E-state index in [-0.39, 0.29) is 24.2 Å². The quantitative estimate of drug-likeness (QED) is 0.158. The van der Waals surface area contributed by atoms with Gasteiger partial charge >= 0.3 is 30.0 Å². The van der Waals surface area contributed by atoms with Crippen molar-refractivity contribution >= 4 is 35.8 Å². The fraction of sp³-hybridized carbons (Fsp3) is 0.628. The molecule has 5 rings (SSSR count). The first-order valence-electron chi connectivity index (χ1n) is 19.7. The lowest BCUT2D eigenvalue weighted by atomic mass is 9.45. The molecule has 2 bridgehead atoms. The molecule has 0 aromatic heterocycles. The van der Waals surface area contributed by atoms with Crippen LogP contribution in [0, 0.1) is 22.7 Å². The van der Waals surface area contributed by atoms with Gasteiger partial charge < -0.3 is 49.1 Å². The Morgan fingerprint density at radius 3 is 2.14 bits per heavy atom. The summed E-state index contributed by atoms with van der Waals surface area (Å²) in [5.74, 6) is -7.93. The minimum absolute atomic E-state index is 0.00683. The van der Waals surface area contributed by atoms with Crippen molar-refractivity contribution in [1.82, 2.24) is 5.32 Å². The largest absolute Gasteiger partial charge is 0.460 e. The van der Waals surface area contributed by atoms with Crippen molar-refractivity contribution in [1.29, 1.82) is 0 Å². The molecule has 4 aliphatic rings. The predicted octanol–water partition coefficient (Wildman–Crippen LogP) is 3.63. The monoisotopic (exact) mass is 827 g/mol. The third-order valence-electron chi connectivity index (χ3n) is 12.2. The molecule has 0 radical (unpaired) electrons. The number of Topliss-reactive ketones (excluding diaryl/α,β-unsaturated/α-hetero) is 1. The molecule has 1 aromatic rings. The Bertz CT molecular complexity index is 1930. The van der Waals surface area contributed by atoms with Crippen LogP contribution in [0.4, 0.5) is 4.79 Å². The number of nitrogens with one attached hydrogen (secondary N) is 1. The Labute approximate surface area is 343 Å². The predicted molar refractivity (Wildman–Crippen MR) is 207 cm³/mol. The van der Waals surface area contributed by atoms with Gasteiger partial charge in [-0.3, -0.25) is 14.4 Å². The van der Waals surface area contributed by atoms with Gasteiger partial charge in [0, 0.05) is 38.0 Å². The zero-order valence-electron chi connectivity index (χ0n) is 35.4. The van der Waals surface area contributed by atoms with E-state index in [1.807, 2.05) is 0 Å². The molecule has 1 unspecified atom stereocenters. The summed E-state index contributed by atoms with van der Waals surface area (Å²) in [5.41, 5.74) is -8.11. The van der Waals surface area contributed by atoms with Gasteiger partial charge in [-0.1, -0.05) is 50.6 Å². The third-order valence-corrected chi connectivity index (χ3v) is 12.2. The Morgan fingerprint density at radius 1 is 0.983 bits per heavy atom. The normalized spacial score (nSPS) is 34.4. The summed E-state index contributed by atoms with van der Waals surface area (Å²) in [6.07, 6.45) is -8.09. The van der Waals surface area contributed by atoms with Crippen LogP contribution < -0.4 is 5.32 Å². The standard InChI is InChI=1S/C43H57NO15/c1-21(2)17-26(44-38(52)59-39(6,7)8)31(48)37(51)56-27-19-43(53)35(57-36(50)25-15-13-12-14-16-25)33-41(11,28(47)18-29-42(33,20-54-29)58-24(5)46)34(49)32(55-23(4)45)30(22(27)3)40(43,9)10/h12-17,22,26-29,31,33,35,47-48,53H,18-20H2,1-11H3,(H,44,52)/b32-30+/t22?,26-,27-,28-,29+,31+,33-,35-,41+,42-,43+/m0/s1. The maximum absolute atomic E-state index is 15.4. The maximum atomic E-state index is 15.4. The topological polar surface area (TPSA) is 231 Å². The molecule has 3 aliphatic carbocycles. The van der Waals surface area contributed by atoms with Crippen LogP contribution in [0.1, 0.15) is 99.4 Å². The SMILES string of the molecule is CC(=O)O/C1=C2\C(C)[C@@H](OC(=O)[C@H](O)[C@H](C=C(C)C)NC(=O)OC(C)(C)C)C[C@@](O)([C@@H](OC(=O)c3ccccc3)[C@@H]3[C@]4(OC(C)=O)CO[C@@H]4C[C@H](O)[C@@]3(C)C1=O)C2(C)C. The lowest BCUT2D eigenvalue weighted by Gasteiger charge is -2.67. The molecule has 1 aromatic carbocycles. The summed E-state index contributed by atoms with van der Waals surface area (Å²) in [7, 11) is 0. The van der Waals surface area contributed by atoms with Gasteiger partial charge in [-0.15, -0.1) is 0 Å². The zero-order chi connectivity index (χ0) is 44.2. The van der Waals surface area contributed by atoms with Gasteiger partial charge in [0.15, 0.2) is 17.5 Å². The number of esters is 4. The van der Waals surface area contributed by atoms with E-state index in [1.165, 1.54) is 25.1 Å². The molecule has 2 saturated carbocycles. The molecule has 16 heteroatoms. The van der Waals surface area contributed by atoms with Gasteiger partial charge in [-0.05, 0) is 59.2 Å². The number of aliphatic hydroxyl groups excluding tert-OH is 2. The molecular formula is C43H57NO15. The van der Waals surface area contributed by atoms with Crippen molar-refractivity contribution in [2.45, 2.75) is 142 Å². The van der Waals surface area contributed by atoms with Crippen molar-refractivity contribution in [2.75, 3.05) is 6.61 Å². The van der Waals surface area contributed by atoms with E-state index in [0.29, 0.717) is 5.57 Å². The average Bonchev–Trinajstić information content (AvgIpc) is 3.11. The Balaban J connectivity index is 1.73. The molecule has 1 heterocycles. The number of rotatable bonds is 9. The number of ketones is 1. The number of carbonyl (C=O) groups excluding carboxylic acids is 6. The lowest BCUT2D eigenvalue weighted by Crippen LogP contribution is -2.81. The fourth-order valence-corrected chi connectivity index (χ4v) is 9.40. The minimum Gasteiger partial charge on any atom is -0.460 e. The molecule has 1 saturated heterocycles. The number of alkyl carbamates (subject to hydrolysis) is 1. The van der Waals surface area contributed by atoms with Crippen LogP contribution in [0.2, 0.25) is 0 Å². The highest BCUT2D eigenvalue weighted by Crippen LogP contribution is 2.65. The number of benzene rings is 1. The first-order chi connectivity index (χ1) is 27.2. The minimum atomic E-state index is -2.38. The van der Waals surface area contributed by atoms with E-state index in [9.17, 15) is 39.3 Å². The van der Waals surface area contributed by atoms with Crippen molar-refractivity contribution in [3.05, 3.63) is 58.9 Å². The Morgan fingerprint density at radius 2 is 1.61 bits per heavy atom. The molecular weight excluding hydrogens is 770 g/mol. The lowest BCUT2D eigenvalue weighted by molar-refractivity contribution is -0.345. The molecule has 4 N–H and O–H groups in total. The number of aliphatic hydroxyl groups is 3. The van der Waals surface area contributed by atoms with E-state index in [4.69, 9.17) is 28.4 Å². The number of hydrogen-bond donors (Lipinski definition) is 4. The Kier molecular flexibility index (Phi) is 12.4. The number of fused-ring (bicyclic) bond motifs is 5. The Hall–Kier alpha value is -4.64. The van der Waals surface area contributed by atoms with Gasteiger partial charge in [0.05, 0.1) is 35.6 Å². The van der Waals surface area contributed by atoms with Crippen LogP contribution in [0.15, 0.2) is 53.3 Å². The van der Waals surface area contributed by atoms with Crippen molar-refractivity contribution < 1.29 is 72.5 Å². The van der Waals surface area contributed by atoms with Gasteiger partial charge in [0.25, 0.3) is 0 Å². The van der Waals surface area contributed by atoms with Crippen molar-refractivity contribution in [3.8, 4) is 0 Å². The van der Waals surface area contributed by atoms with E-state index in [2.05, 4.69) is 5.32 Å². The van der Waals surface area contributed by atoms with E-state index >= 15 is 4.79 Å². The highest BCUT2D eigenvalue weighted by molar-refractivity contribution is 6.02. The molecule has 3 fully saturated rings. The molecule has 324 valence electrons. The average molecular weight is 828 g/mol. The highest BCUT2D eigenvalue weighted by Gasteiger charge is 2.78. The van der Waals surface area contributed by atoms with Crippen LogP contribution in [0.3, 0.4) is 0 Å². The van der Waals surface area contributed by atoms with E-state index in [0.717, 1.165) is 13.8 Å². The third kappa shape index (κ3) is 8.16. The maximum Gasteiger partial charge on any atom is 0.408 e. The summed E-state index contributed by atoms with van der Waals surface area (Å²) >= 11 is 0. The molecule has 0 spiro atoms. The van der Waals surface area contributed by atoms with Crippen LogP contribution in [-0.4, -0.2) is 111 Å². The molecule has 11 atom stereocenters. The van der Waals surface area contributed by atoms with Crippen LogP contribution >= 0.6 is 0 Å². The molecule has 1 aliphatic heterocycles. The van der Waals surface area contributed by atoms with Crippen molar-refractivity contribution in [2.24, 2.45) is 22.7 Å². The van der Waals surface area contributed by atoms with Crippen LogP contribution in [0.25, 0.3) is 0 Å². The molecule has 16 nitrogen and oxygen atoms in total. The summed E-state index contributed by atoms with van der Waals surface area (Å²) in [5, 5.41) is 39.5. The first kappa shape index (κ1) is 45.4.